The van der Waals surface area contributed by atoms with Crippen molar-refractivity contribution in [3.63, 3.8) is 0 Å². The molecule has 0 amide bonds. The molecule has 0 N–H and O–H groups in total. The van der Waals surface area contributed by atoms with Crippen LogP contribution in [0.25, 0.3) is 0 Å². The summed E-state index contributed by atoms with van der Waals surface area (Å²) in [6.07, 6.45) is -2.95. The molecule has 2 aliphatic rings. The Balaban J connectivity index is 1.73. The van der Waals surface area contributed by atoms with Gasteiger partial charge in [-0.15, -0.1) is 0 Å². The van der Waals surface area contributed by atoms with E-state index in [9.17, 15) is 17.6 Å². The van der Waals surface area contributed by atoms with Gasteiger partial charge in [-0.2, -0.15) is 13.2 Å². The molecule has 0 unspecified atom stereocenters. The van der Waals surface area contributed by atoms with Crippen LogP contribution in [0.3, 0.4) is 0 Å². The van der Waals surface area contributed by atoms with E-state index in [4.69, 9.17) is 9.47 Å². The Morgan fingerprint density at radius 3 is 2.57 bits per heavy atom. The van der Waals surface area contributed by atoms with E-state index < -0.39 is 17.6 Å². The van der Waals surface area contributed by atoms with Crippen LogP contribution in [-0.4, -0.2) is 43.4 Å². The lowest BCUT2D eigenvalue weighted by molar-refractivity contribution is -0.155. The van der Waals surface area contributed by atoms with Gasteiger partial charge in [0.25, 0.3) is 0 Å². The summed E-state index contributed by atoms with van der Waals surface area (Å²) < 4.78 is 63.5. The van der Waals surface area contributed by atoms with E-state index in [1.165, 1.54) is 0 Å². The molecule has 2 heterocycles. The van der Waals surface area contributed by atoms with Gasteiger partial charge in [0, 0.05) is 51.3 Å². The van der Waals surface area contributed by atoms with Crippen molar-refractivity contribution in [3.05, 3.63) is 35.1 Å². The summed E-state index contributed by atoms with van der Waals surface area (Å²) in [7, 11) is 0. The predicted molar refractivity (Wildman–Crippen MR) is 75.4 cm³/mol. The summed E-state index contributed by atoms with van der Waals surface area (Å²) in [6, 6.07) is 2.57. The third kappa shape index (κ3) is 3.84. The van der Waals surface area contributed by atoms with Gasteiger partial charge in [0.1, 0.15) is 5.82 Å². The molecule has 0 atom stereocenters. The van der Waals surface area contributed by atoms with E-state index in [1.54, 1.807) is 0 Å². The molecule has 7 heteroatoms. The molecule has 2 saturated heterocycles. The number of ether oxygens (including phenoxy) is 2. The largest absolute Gasteiger partial charge is 0.416 e. The minimum atomic E-state index is -4.46. The van der Waals surface area contributed by atoms with Crippen molar-refractivity contribution in [1.82, 2.24) is 4.90 Å². The number of hydrogen-bond donors (Lipinski definition) is 0. The van der Waals surface area contributed by atoms with Gasteiger partial charge in [-0.05, 0) is 18.2 Å². The molecule has 0 aliphatic carbocycles. The molecule has 0 aromatic heterocycles. The van der Waals surface area contributed by atoms with Crippen molar-refractivity contribution in [2.75, 3.05) is 32.9 Å². The highest BCUT2D eigenvalue weighted by Gasteiger charge is 2.38. The zero-order chi connectivity index (χ0) is 16.5. The Labute approximate surface area is 132 Å². The van der Waals surface area contributed by atoms with Gasteiger partial charge in [0.2, 0.25) is 0 Å². The predicted octanol–water partition coefficient (Wildman–Crippen LogP) is 3.23. The lowest BCUT2D eigenvalue weighted by atomic mass is 9.92. The number of halogens is 4. The molecule has 2 fully saturated rings. The average molecular weight is 333 g/mol. The Morgan fingerprint density at radius 1 is 1.13 bits per heavy atom. The molecule has 23 heavy (non-hydrogen) atoms. The van der Waals surface area contributed by atoms with Crippen molar-refractivity contribution in [2.45, 2.75) is 31.2 Å². The molecule has 1 aromatic carbocycles. The van der Waals surface area contributed by atoms with Crippen LogP contribution in [0.5, 0.6) is 0 Å². The maximum atomic E-state index is 13.9. The van der Waals surface area contributed by atoms with Gasteiger partial charge < -0.3 is 9.47 Å². The Kier molecular flexibility index (Phi) is 4.62. The second kappa shape index (κ2) is 6.37. The standard InChI is InChI=1S/C16H19F4NO2/c17-14-2-1-13(16(18,19)20)9-12(14)10-21-5-8-23-15(11-21)3-6-22-7-4-15/h1-2,9H,3-8,10-11H2. The Hall–Kier alpha value is -1.18. The average Bonchev–Trinajstić information content (AvgIpc) is 2.49. The first-order valence-corrected chi connectivity index (χ1v) is 7.68. The zero-order valence-corrected chi connectivity index (χ0v) is 12.7. The highest BCUT2D eigenvalue weighted by Crippen LogP contribution is 2.32. The highest BCUT2D eigenvalue weighted by atomic mass is 19.4. The fourth-order valence-electron chi connectivity index (χ4n) is 3.22. The molecule has 3 nitrogen and oxygen atoms in total. The normalized spacial score (nSPS) is 22.4. The van der Waals surface area contributed by atoms with Crippen molar-refractivity contribution in [2.24, 2.45) is 0 Å². The number of hydrogen-bond acceptors (Lipinski definition) is 3. The van der Waals surface area contributed by atoms with Gasteiger partial charge in [0.15, 0.2) is 0 Å². The summed E-state index contributed by atoms with van der Waals surface area (Å²) in [6.45, 7) is 3.06. The minimum Gasteiger partial charge on any atom is -0.381 e. The van der Waals surface area contributed by atoms with Crippen molar-refractivity contribution >= 4 is 0 Å². The molecule has 1 spiro atoms. The van der Waals surface area contributed by atoms with Crippen LogP contribution in [0.15, 0.2) is 18.2 Å². The molecule has 128 valence electrons. The summed E-state index contributed by atoms with van der Waals surface area (Å²) >= 11 is 0. The van der Waals surface area contributed by atoms with E-state index in [0.717, 1.165) is 31.0 Å². The van der Waals surface area contributed by atoms with Crippen LogP contribution >= 0.6 is 0 Å². The molecule has 0 bridgehead atoms. The van der Waals surface area contributed by atoms with Crippen LogP contribution in [0.2, 0.25) is 0 Å². The fourth-order valence-corrected chi connectivity index (χ4v) is 3.22. The number of rotatable bonds is 2. The quantitative estimate of drug-likeness (QED) is 0.776. The Morgan fingerprint density at radius 2 is 1.87 bits per heavy atom. The van der Waals surface area contributed by atoms with E-state index in [1.807, 2.05) is 4.90 Å². The van der Waals surface area contributed by atoms with Gasteiger partial charge >= 0.3 is 6.18 Å². The SMILES string of the molecule is Fc1ccc(C(F)(F)F)cc1CN1CCOC2(CCOCC2)C1. The summed E-state index contributed by atoms with van der Waals surface area (Å²) in [5, 5.41) is 0. The topological polar surface area (TPSA) is 21.7 Å². The first-order valence-electron chi connectivity index (χ1n) is 7.68. The number of nitrogens with zero attached hydrogens (tertiary/aromatic N) is 1. The van der Waals surface area contributed by atoms with Crippen LogP contribution in [-0.2, 0) is 22.2 Å². The van der Waals surface area contributed by atoms with Crippen molar-refractivity contribution < 1.29 is 27.0 Å². The van der Waals surface area contributed by atoms with Crippen LogP contribution in [0.4, 0.5) is 17.6 Å². The van der Waals surface area contributed by atoms with Crippen LogP contribution in [0, 0.1) is 5.82 Å². The van der Waals surface area contributed by atoms with Gasteiger partial charge in [0.05, 0.1) is 17.8 Å². The first kappa shape index (κ1) is 16.7. The Bertz CT molecular complexity index is 550. The van der Waals surface area contributed by atoms with Gasteiger partial charge in [-0.3, -0.25) is 4.90 Å². The first-order chi connectivity index (χ1) is 10.9. The van der Waals surface area contributed by atoms with Crippen LogP contribution in [0.1, 0.15) is 24.0 Å². The van der Waals surface area contributed by atoms with Crippen molar-refractivity contribution in [3.8, 4) is 0 Å². The fraction of sp³-hybridized carbons (Fsp3) is 0.625. The molecular formula is C16H19F4NO2. The van der Waals surface area contributed by atoms with E-state index in [-0.39, 0.29) is 17.7 Å². The highest BCUT2D eigenvalue weighted by molar-refractivity contribution is 5.27. The van der Waals surface area contributed by atoms with Crippen molar-refractivity contribution in [1.29, 1.82) is 0 Å². The molecule has 3 rings (SSSR count). The lowest BCUT2D eigenvalue weighted by Gasteiger charge is -2.44. The smallest absolute Gasteiger partial charge is 0.381 e. The third-order valence-corrected chi connectivity index (χ3v) is 4.50. The number of alkyl halides is 3. The second-order valence-corrected chi connectivity index (χ2v) is 6.16. The summed E-state index contributed by atoms with van der Waals surface area (Å²) in [5.74, 6) is -0.606. The van der Waals surface area contributed by atoms with Crippen LogP contribution < -0.4 is 0 Å². The summed E-state index contributed by atoms with van der Waals surface area (Å²) in [5.41, 5.74) is -1.05. The molecular weight excluding hydrogens is 314 g/mol. The third-order valence-electron chi connectivity index (χ3n) is 4.50. The van der Waals surface area contributed by atoms with E-state index in [0.29, 0.717) is 32.9 Å². The maximum absolute atomic E-state index is 13.9. The van der Waals surface area contributed by atoms with E-state index in [2.05, 4.69) is 0 Å². The minimum absolute atomic E-state index is 0.0731. The molecule has 0 radical (unpaired) electrons. The van der Waals surface area contributed by atoms with Gasteiger partial charge in [-0.25, -0.2) is 4.39 Å². The monoisotopic (exact) mass is 333 g/mol. The van der Waals surface area contributed by atoms with E-state index >= 15 is 0 Å². The zero-order valence-electron chi connectivity index (χ0n) is 12.7. The molecule has 1 aromatic rings. The molecule has 0 saturated carbocycles. The van der Waals surface area contributed by atoms with Gasteiger partial charge in [-0.1, -0.05) is 0 Å². The lowest BCUT2D eigenvalue weighted by Crippen LogP contribution is -2.54. The molecule has 2 aliphatic heterocycles. The number of morpholine rings is 1. The second-order valence-electron chi connectivity index (χ2n) is 6.16. The summed E-state index contributed by atoms with van der Waals surface area (Å²) in [4.78, 5) is 1.97. The number of benzene rings is 1. The maximum Gasteiger partial charge on any atom is 0.416 e.